The first-order valence-corrected chi connectivity index (χ1v) is 6.10. The molecule has 1 aromatic carbocycles. The van der Waals surface area contributed by atoms with Crippen molar-refractivity contribution in [3.8, 4) is 0 Å². The zero-order valence-electron chi connectivity index (χ0n) is 10.7. The maximum Gasteiger partial charge on any atom is 0.315 e. The van der Waals surface area contributed by atoms with Gasteiger partial charge in [0.1, 0.15) is 11.4 Å². The Morgan fingerprint density at radius 2 is 2.26 bits per heavy atom. The van der Waals surface area contributed by atoms with Crippen molar-refractivity contribution in [1.29, 1.82) is 0 Å². The molecule has 0 aromatic heterocycles. The molecule has 2 N–H and O–H groups in total. The van der Waals surface area contributed by atoms with Crippen molar-refractivity contribution in [1.82, 2.24) is 5.32 Å². The summed E-state index contributed by atoms with van der Waals surface area (Å²) in [6.45, 7) is 1.37. The molecule has 0 unspecified atom stereocenters. The summed E-state index contributed by atoms with van der Waals surface area (Å²) in [5.74, 6) is -0.110. The molecule has 1 aliphatic heterocycles. The van der Waals surface area contributed by atoms with Gasteiger partial charge in [0.15, 0.2) is 0 Å². The Morgan fingerprint density at radius 3 is 2.95 bits per heavy atom. The number of anilines is 2. The number of nitro benzene ring substituents is 1. The Bertz CT molecular complexity index is 504. The van der Waals surface area contributed by atoms with Crippen LogP contribution >= 0.6 is 0 Å². The Hall–Kier alpha value is -2.31. The first kappa shape index (κ1) is 13.1. The van der Waals surface area contributed by atoms with Crippen molar-refractivity contribution in [2.45, 2.75) is 6.42 Å². The summed E-state index contributed by atoms with van der Waals surface area (Å²) in [5.41, 5.74) is 0.945. The zero-order chi connectivity index (χ0) is 13.8. The summed E-state index contributed by atoms with van der Waals surface area (Å²) in [4.78, 5) is 24.2. The highest BCUT2D eigenvalue weighted by Gasteiger charge is 2.25. The fraction of sp³-hybridized carbons (Fsp3) is 0.417. The van der Waals surface area contributed by atoms with Crippen LogP contribution in [-0.4, -0.2) is 37.5 Å². The van der Waals surface area contributed by atoms with Crippen molar-refractivity contribution in [3.05, 3.63) is 28.3 Å². The normalized spacial score (nSPS) is 15.6. The standard InChI is InChI=1S/C12H16N4O3/c1-13-9-4-2-5-10(12(9)16(18)19)15-7-3-6-14-11(17)8-15/h2,4-5,13H,3,6-8H2,1H3,(H,14,17). The Morgan fingerprint density at radius 1 is 1.47 bits per heavy atom. The first-order valence-electron chi connectivity index (χ1n) is 6.10. The van der Waals surface area contributed by atoms with Gasteiger partial charge in [0.05, 0.1) is 11.5 Å². The summed E-state index contributed by atoms with van der Waals surface area (Å²) in [7, 11) is 1.64. The highest BCUT2D eigenvalue weighted by Crippen LogP contribution is 2.35. The van der Waals surface area contributed by atoms with Gasteiger partial charge in [0.25, 0.3) is 0 Å². The van der Waals surface area contributed by atoms with E-state index in [4.69, 9.17) is 0 Å². The minimum Gasteiger partial charge on any atom is -0.382 e. The highest BCUT2D eigenvalue weighted by molar-refractivity contribution is 5.85. The number of amides is 1. The molecule has 1 fully saturated rings. The van der Waals surface area contributed by atoms with Gasteiger partial charge in [-0.05, 0) is 18.6 Å². The smallest absolute Gasteiger partial charge is 0.315 e. The van der Waals surface area contributed by atoms with E-state index in [0.29, 0.717) is 24.5 Å². The van der Waals surface area contributed by atoms with E-state index in [1.807, 2.05) is 0 Å². The lowest BCUT2D eigenvalue weighted by atomic mass is 10.2. The van der Waals surface area contributed by atoms with Gasteiger partial charge in [-0.3, -0.25) is 14.9 Å². The summed E-state index contributed by atoms with van der Waals surface area (Å²) in [6, 6.07) is 5.08. The number of benzene rings is 1. The van der Waals surface area contributed by atoms with E-state index in [0.717, 1.165) is 6.42 Å². The summed E-state index contributed by atoms with van der Waals surface area (Å²) in [6.07, 6.45) is 0.771. The number of hydrogen-bond donors (Lipinski definition) is 2. The van der Waals surface area contributed by atoms with Gasteiger partial charge in [-0.2, -0.15) is 0 Å². The van der Waals surface area contributed by atoms with Gasteiger partial charge in [-0.25, -0.2) is 0 Å². The largest absolute Gasteiger partial charge is 0.382 e. The second kappa shape index (κ2) is 5.55. The van der Waals surface area contributed by atoms with E-state index in [1.54, 1.807) is 30.1 Å². The Balaban J connectivity index is 2.42. The lowest BCUT2D eigenvalue weighted by molar-refractivity contribution is -0.383. The monoisotopic (exact) mass is 264 g/mol. The maximum absolute atomic E-state index is 11.6. The van der Waals surface area contributed by atoms with Crippen LogP contribution in [0.25, 0.3) is 0 Å². The molecule has 1 amide bonds. The predicted molar refractivity (Wildman–Crippen MR) is 72.5 cm³/mol. The van der Waals surface area contributed by atoms with Crippen LogP contribution in [0.2, 0.25) is 0 Å². The SMILES string of the molecule is CNc1cccc(N2CCCNC(=O)C2)c1[N+](=O)[O-]. The molecule has 1 aliphatic rings. The van der Waals surface area contributed by atoms with Crippen molar-refractivity contribution in [2.75, 3.05) is 36.9 Å². The van der Waals surface area contributed by atoms with Crippen molar-refractivity contribution in [2.24, 2.45) is 0 Å². The number of nitrogens with one attached hydrogen (secondary N) is 2. The second-order valence-electron chi connectivity index (χ2n) is 4.31. The molecule has 0 aliphatic carbocycles. The molecule has 0 spiro atoms. The molecule has 0 radical (unpaired) electrons. The van der Waals surface area contributed by atoms with Gasteiger partial charge in [-0.1, -0.05) is 6.07 Å². The van der Waals surface area contributed by atoms with Gasteiger partial charge in [-0.15, -0.1) is 0 Å². The lowest BCUT2D eigenvalue weighted by Gasteiger charge is -2.21. The maximum atomic E-state index is 11.6. The summed E-state index contributed by atoms with van der Waals surface area (Å²) >= 11 is 0. The van der Waals surface area contributed by atoms with Crippen LogP contribution in [0.15, 0.2) is 18.2 Å². The molecular formula is C12H16N4O3. The first-order chi connectivity index (χ1) is 9.13. The van der Waals surface area contributed by atoms with Crippen LogP contribution in [0, 0.1) is 10.1 Å². The molecule has 19 heavy (non-hydrogen) atoms. The molecule has 7 nitrogen and oxygen atoms in total. The molecule has 0 atom stereocenters. The molecule has 102 valence electrons. The van der Waals surface area contributed by atoms with Gasteiger partial charge in [0, 0.05) is 20.1 Å². The number of hydrogen-bond acceptors (Lipinski definition) is 5. The molecule has 1 aromatic rings. The van der Waals surface area contributed by atoms with Crippen molar-refractivity contribution in [3.63, 3.8) is 0 Å². The molecule has 1 heterocycles. The topological polar surface area (TPSA) is 87.5 Å². The van der Waals surface area contributed by atoms with Crippen LogP contribution in [0.4, 0.5) is 17.1 Å². The number of carbonyl (C=O) groups is 1. The highest BCUT2D eigenvalue weighted by atomic mass is 16.6. The zero-order valence-corrected chi connectivity index (χ0v) is 10.7. The van der Waals surface area contributed by atoms with Gasteiger partial charge < -0.3 is 15.5 Å². The third kappa shape index (κ3) is 2.75. The number of nitrogens with zero attached hydrogens (tertiary/aromatic N) is 2. The van der Waals surface area contributed by atoms with Crippen molar-refractivity contribution >= 4 is 23.0 Å². The van der Waals surface area contributed by atoms with Gasteiger partial charge in [0.2, 0.25) is 5.91 Å². The second-order valence-corrected chi connectivity index (χ2v) is 4.31. The van der Waals surface area contributed by atoms with Crippen molar-refractivity contribution < 1.29 is 9.72 Å². The molecule has 7 heteroatoms. The van der Waals surface area contributed by atoms with Gasteiger partial charge >= 0.3 is 5.69 Å². The lowest BCUT2D eigenvalue weighted by Crippen LogP contribution is -2.33. The number of carbonyl (C=O) groups excluding carboxylic acids is 1. The van der Waals surface area contributed by atoms with E-state index in [1.165, 1.54) is 0 Å². The molecule has 1 saturated heterocycles. The fourth-order valence-corrected chi connectivity index (χ4v) is 2.19. The van der Waals surface area contributed by atoms with Crippen LogP contribution in [0.1, 0.15) is 6.42 Å². The van der Waals surface area contributed by atoms with Crippen LogP contribution in [0.5, 0.6) is 0 Å². The Labute approximate surface area is 110 Å². The molecule has 0 bridgehead atoms. The van der Waals surface area contributed by atoms with E-state index in [9.17, 15) is 14.9 Å². The number of para-hydroxylation sites is 1. The average Bonchev–Trinajstić information content (AvgIpc) is 2.62. The summed E-state index contributed by atoms with van der Waals surface area (Å²) in [5, 5.41) is 16.8. The third-order valence-electron chi connectivity index (χ3n) is 3.07. The van der Waals surface area contributed by atoms with Crippen LogP contribution in [-0.2, 0) is 4.79 Å². The van der Waals surface area contributed by atoms with E-state index in [-0.39, 0.29) is 18.1 Å². The van der Waals surface area contributed by atoms with E-state index < -0.39 is 4.92 Å². The van der Waals surface area contributed by atoms with Crippen LogP contribution in [0.3, 0.4) is 0 Å². The molecular weight excluding hydrogens is 248 g/mol. The summed E-state index contributed by atoms with van der Waals surface area (Å²) < 4.78 is 0. The molecule has 0 saturated carbocycles. The molecule has 2 rings (SSSR count). The van der Waals surface area contributed by atoms with Crippen LogP contribution < -0.4 is 15.5 Å². The number of rotatable bonds is 3. The fourth-order valence-electron chi connectivity index (χ4n) is 2.19. The third-order valence-corrected chi connectivity index (χ3v) is 3.07. The number of nitro groups is 1. The average molecular weight is 264 g/mol. The predicted octanol–water partition coefficient (Wildman–Crippen LogP) is 0.963. The van der Waals surface area contributed by atoms with E-state index >= 15 is 0 Å². The minimum absolute atomic E-state index is 0.0136. The van der Waals surface area contributed by atoms with E-state index in [2.05, 4.69) is 10.6 Å². The minimum atomic E-state index is -0.413. The Kier molecular flexibility index (Phi) is 3.84. The quantitative estimate of drug-likeness (QED) is 0.627.